The Labute approximate surface area is 123 Å². The fourth-order valence-electron chi connectivity index (χ4n) is 2.20. The third-order valence-electron chi connectivity index (χ3n) is 3.19. The Bertz CT molecular complexity index is 434. The van der Waals surface area contributed by atoms with E-state index in [0.29, 0.717) is 13.2 Å². The zero-order valence-electron chi connectivity index (χ0n) is 12.0. The van der Waals surface area contributed by atoms with Crippen LogP contribution in [-0.2, 0) is 9.47 Å². The monoisotopic (exact) mass is 328 g/mol. The van der Waals surface area contributed by atoms with Crippen LogP contribution in [0.25, 0.3) is 0 Å². The Morgan fingerprint density at radius 1 is 1.32 bits per heavy atom. The standard InChI is InChI=1S/C15H21BrO3/c1-10-7-13(8-11(2)14(10)16)17-6-5-12-9-18-15(3,4)19-12/h7-8,12H,5-6,9H2,1-4H3. The van der Waals surface area contributed by atoms with Gasteiger partial charge in [-0.1, -0.05) is 15.9 Å². The van der Waals surface area contributed by atoms with Gasteiger partial charge in [0.25, 0.3) is 0 Å². The van der Waals surface area contributed by atoms with Crippen molar-refractivity contribution >= 4 is 15.9 Å². The van der Waals surface area contributed by atoms with Gasteiger partial charge in [-0.2, -0.15) is 0 Å². The minimum absolute atomic E-state index is 0.132. The average Bonchev–Trinajstić information content (AvgIpc) is 2.66. The second-order valence-electron chi connectivity index (χ2n) is 5.46. The van der Waals surface area contributed by atoms with Crippen LogP contribution in [0.5, 0.6) is 5.75 Å². The fourth-order valence-corrected chi connectivity index (χ4v) is 2.43. The van der Waals surface area contributed by atoms with Gasteiger partial charge in [-0.05, 0) is 51.0 Å². The summed E-state index contributed by atoms with van der Waals surface area (Å²) in [5.41, 5.74) is 2.38. The Balaban J connectivity index is 1.83. The van der Waals surface area contributed by atoms with Crippen LogP contribution < -0.4 is 4.74 Å². The molecular formula is C15H21BrO3. The van der Waals surface area contributed by atoms with E-state index in [1.165, 1.54) is 11.1 Å². The molecule has 3 nitrogen and oxygen atoms in total. The van der Waals surface area contributed by atoms with Gasteiger partial charge in [0.05, 0.1) is 19.3 Å². The zero-order chi connectivity index (χ0) is 14.0. The molecule has 1 aliphatic heterocycles. The predicted molar refractivity (Wildman–Crippen MR) is 78.6 cm³/mol. The summed E-state index contributed by atoms with van der Waals surface area (Å²) in [7, 11) is 0. The van der Waals surface area contributed by atoms with Crippen LogP contribution in [0.3, 0.4) is 0 Å². The van der Waals surface area contributed by atoms with Crippen LogP contribution in [0.2, 0.25) is 0 Å². The summed E-state index contributed by atoms with van der Waals surface area (Å²) < 4.78 is 18.2. The van der Waals surface area contributed by atoms with Gasteiger partial charge in [0, 0.05) is 10.9 Å². The van der Waals surface area contributed by atoms with E-state index in [1.54, 1.807) is 0 Å². The molecule has 0 N–H and O–H groups in total. The van der Waals surface area contributed by atoms with Crippen LogP contribution in [-0.4, -0.2) is 25.1 Å². The quantitative estimate of drug-likeness (QED) is 0.836. The number of hydrogen-bond acceptors (Lipinski definition) is 3. The smallest absolute Gasteiger partial charge is 0.163 e. The van der Waals surface area contributed by atoms with E-state index in [9.17, 15) is 0 Å². The van der Waals surface area contributed by atoms with Crippen molar-refractivity contribution in [3.8, 4) is 5.75 Å². The van der Waals surface area contributed by atoms with Crippen molar-refractivity contribution in [3.05, 3.63) is 27.7 Å². The molecule has 2 rings (SSSR count). The van der Waals surface area contributed by atoms with Crippen molar-refractivity contribution in [2.75, 3.05) is 13.2 Å². The van der Waals surface area contributed by atoms with Crippen LogP contribution in [0.15, 0.2) is 16.6 Å². The zero-order valence-corrected chi connectivity index (χ0v) is 13.5. The highest BCUT2D eigenvalue weighted by Crippen LogP contribution is 2.27. The molecule has 0 bridgehead atoms. The molecule has 0 amide bonds. The Kier molecular flexibility index (Phi) is 4.54. The summed E-state index contributed by atoms with van der Waals surface area (Å²) >= 11 is 3.56. The first-order valence-corrected chi connectivity index (χ1v) is 7.38. The molecule has 1 fully saturated rings. The molecule has 1 unspecified atom stereocenters. The van der Waals surface area contributed by atoms with Gasteiger partial charge in [0.1, 0.15) is 5.75 Å². The summed E-state index contributed by atoms with van der Waals surface area (Å²) in [6.45, 7) is 9.31. The molecule has 1 atom stereocenters. The van der Waals surface area contributed by atoms with Crippen LogP contribution >= 0.6 is 15.9 Å². The number of ether oxygens (including phenoxy) is 3. The van der Waals surface area contributed by atoms with Crippen LogP contribution in [0.1, 0.15) is 31.4 Å². The molecule has 0 spiro atoms. The number of benzene rings is 1. The average molecular weight is 329 g/mol. The second kappa shape index (κ2) is 5.81. The van der Waals surface area contributed by atoms with Gasteiger partial charge in [-0.15, -0.1) is 0 Å². The molecule has 0 radical (unpaired) electrons. The maximum atomic E-state index is 5.80. The first-order chi connectivity index (χ1) is 8.87. The Morgan fingerprint density at radius 2 is 1.95 bits per heavy atom. The number of halogens is 1. The van der Waals surface area contributed by atoms with E-state index in [0.717, 1.165) is 16.6 Å². The van der Waals surface area contributed by atoms with E-state index >= 15 is 0 Å². The lowest BCUT2D eigenvalue weighted by atomic mass is 10.1. The summed E-state index contributed by atoms with van der Waals surface area (Å²) in [5, 5.41) is 0. The molecule has 0 aliphatic carbocycles. The molecule has 1 heterocycles. The van der Waals surface area contributed by atoms with Crippen molar-refractivity contribution in [3.63, 3.8) is 0 Å². The van der Waals surface area contributed by atoms with E-state index in [4.69, 9.17) is 14.2 Å². The van der Waals surface area contributed by atoms with E-state index < -0.39 is 5.79 Å². The second-order valence-corrected chi connectivity index (χ2v) is 6.25. The van der Waals surface area contributed by atoms with Gasteiger partial charge in [-0.25, -0.2) is 0 Å². The molecule has 106 valence electrons. The van der Waals surface area contributed by atoms with Crippen molar-refractivity contribution in [1.29, 1.82) is 0 Å². The van der Waals surface area contributed by atoms with Gasteiger partial charge < -0.3 is 14.2 Å². The molecule has 0 aromatic heterocycles. The predicted octanol–water partition coefficient (Wildman–Crippen LogP) is 3.99. The van der Waals surface area contributed by atoms with Crippen molar-refractivity contribution in [2.24, 2.45) is 0 Å². The van der Waals surface area contributed by atoms with Gasteiger partial charge in [-0.3, -0.25) is 0 Å². The van der Waals surface area contributed by atoms with Crippen LogP contribution in [0.4, 0.5) is 0 Å². The minimum Gasteiger partial charge on any atom is -0.493 e. The lowest BCUT2D eigenvalue weighted by molar-refractivity contribution is -0.139. The maximum Gasteiger partial charge on any atom is 0.163 e. The SMILES string of the molecule is Cc1cc(OCCC2COC(C)(C)O2)cc(C)c1Br. The van der Waals surface area contributed by atoms with Crippen LogP contribution in [0, 0.1) is 13.8 Å². The van der Waals surface area contributed by atoms with Gasteiger partial charge in [0.15, 0.2) is 5.79 Å². The molecule has 1 saturated heterocycles. The molecular weight excluding hydrogens is 308 g/mol. The lowest BCUT2D eigenvalue weighted by Crippen LogP contribution is -2.22. The van der Waals surface area contributed by atoms with E-state index in [-0.39, 0.29) is 6.10 Å². The molecule has 1 aromatic carbocycles. The summed E-state index contributed by atoms with van der Waals surface area (Å²) in [4.78, 5) is 0. The molecule has 4 heteroatoms. The molecule has 19 heavy (non-hydrogen) atoms. The van der Waals surface area contributed by atoms with Gasteiger partial charge >= 0.3 is 0 Å². The number of aryl methyl sites for hydroxylation is 2. The molecule has 0 saturated carbocycles. The summed E-state index contributed by atoms with van der Waals surface area (Å²) in [5.74, 6) is 0.464. The topological polar surface area (TPSA) is 27.7 Å². The van der Waals surface area contributed by atoms with Crippen molar-refractivity contribution in [1.82, 2.24) is 0 Å². The van der Waals surface area contributed by atoms with E-state index in [2.05, 4.69) is 29.8 Å². The highest BCUT2D eigenvalue weighted by molar-refractivity contribution is 9.10. The highest BCUT2D eigenvalue weighted by atomic mass is 79.9. The summed E-state index contributed by atoms with van der Waals surface area (Å²) in [6.07, 6.45) is 0.977. The Morgan fingerprint density at radius 3 is 2.47 bits per heavy atom. The van der Waals surface area contributed by atoms with Crippen molar-refractivity contribution < 1.29 is 14.2 Å². The summed E-state index contributed by atoms with van der Waals surface area (Å²) in [6, 6.07) is 4.10. The van der Waals surface area contributed by atoms with Gasteiger partial charge in [0.2, 0.25) is 0 Å². The third-order valence-corrected chi connectivity index (χ3v) is 4.44. The Hall–Kier alpha value is -0.580. The largest absolute Gasteiger partial charge is 0.493 e. The maximum absolute atomic E-state index is 5.80. The number of hydrogen-bond donors (Lipinski definition) is 0. The lowest BCUT2D eigenvalue weighted by Gasteiger charge is -2.17. The molecule has 1 aliphatic rings. The molecule has 1 aromatic rings. The normalized spacial score (nSPS) is 21.6. The fraction of sp³-hybridized carbons (Fsp3) is 0.600. The first kappa shape index (κ1) is 14.8. The number of rotatable bonds is 4. The third kappa shape index (κ3) is 3.94. The highest BCUT2D eigenvalue weighted by Gasteiger charge is 2.32. The minimum atomic E-state index is -0.449. The van der Waals surface area contributed by atoms with Crippen molar-refractivity contribution in [2.45, 2.75) is 46.0 Å². The first-order valence-electron chi connectivity index (χ1n) is 6.59. The van der Waals surface area contributed by atoms with E-state index in [1.807, 2.05) is 26.0 Å².